The molecule has 1 saturated heterocycles. The molecule has 1 aliphatic rings. The molecule has 2 aromatic rings. The normalized spacial score (nSPS) is 15.8. The van der Waals surface area contributed by atoms with Crippen LogP contribution in [0.3, 0.4) is 0 Å². The van der Waals surface area contributed by atoms with Crippen LogP contribution >= 0.6 is 11.6 Å². The third kappa shape index (κ3) is 5.26. The first-order valence-corrected chi connectivity index (χ1v) is 9.99. The van der Waals surface area contributed by atoms with Gasteiger partial charge in [0.2, 0.25) is 5.91 Å². The van der Waals surface area contributed by atoms with Crippen LogP contribution in [0.2, 0.25) is 5.02 Å². The smallest absolute Gasteiger partial charge is 0.321 e. The molecule has 0 aliphatic carbocycles. The van der Waals surface area contributed by atoms with Crippen molar-refractivity contribution in [1.29, 1.82) is 0 Å². The van der Waals surface area contributed by atoms with E-state index in [4.69, 9.17) is 11.6 Å². The van der Waals surface area contributed by atoms with Gasteiger partial charge in [-0.15, -0.1) is 0 Å². The highest BCUT2D eigenvalue weighted by Crippen LogP contribution is 2.27. The Morgan fingerprint density at radius 2 is 1.71 bits per heavy atom. The molecule has 1 heterocycles. The molecular formula is C22H26ClN3O2. The van der Waals surface area contributed by atoms with Gasteiger partial charge >= 0.3 is 6.03 Å². The van der Waals surface area contributed by atoms with E-state index in [1.807, 2.05) is 38.1 Å². The maximum absolute atomic E-state index is 12.6. The number of urea groups is 1. The highest BCUT2D eigenvalue weighted by molar-refractivity contribution is 6.30. The van der Waals surface area contributed by atoms with E-state index < -0.39 is 0 Å². The molecule has 3 amide bonds. The molecule has 0 spiro atoms. The monoisotopic (exact) mass is 399 g/mol. The van der Waals surface area contributed by atoms with Gasteiger partial charge in [0, 0.05) is 35.4 Å². The van der Waals surface area contributed by atoms with Crippen LogP contribution in [0.15, 0.2) is 48.5 Å². The van der Waals surface area contributed by atoms with E-state index in [0.29, 0.717) is 18.1 Å². The molecule has 1 atom stereocenters. The van der Waals surface area contributed by atoms with Gasteiger partial charge in [0.05, 0.1) is 0 Å². The fourth-order valence-corrected chi connectivity index (χ4v) is 3.66. The predicted molar refractivity (Wildman–Crippen MR) is 114 cm³/mol. The number of nitrogens with one attached hydrogen (secondary N) is 2. The van der Waals surface area contributed by atoms with Crippen molar-refractivity contribution < 1.29 is 9.59 Å². The van der Waals surface area contributed by atoms with Crippen molar-refractivity contribution in [3.8, 4) is 0 Å². The number of anilines is 2. The fraction of sp³-hybridized carbons (Fsp3) is 0.364. The molecule has 2 N–H and O–H groups in total. The molecule has 1 fully saturated rings. The first-order chi connectivity index (χ1) is 13.4. The van der Waals surface area contributed by atoms with Crippen molar-refractivity contribution in [2.45, 2.75) is 26.7 Å². The fourth-order valence-electron chi connectivity index (χ4n) is 3.53. The third-order valence-electron chi connectivity index (χ3n) is 5.33. The van der Waals surface area contributed by atoms with Crippen LogP contribution in [0.5, 0.6) is 0 Å². The molecule has 1 unspecified atom stereocenters. The number of likely N-dealkylation sites (tertiary alicyclic amines) is 1. The summed E-state index contributed by atoms with van der Waals surface area (Å²) in [6.45, 7) is 5.27. The van der Waals surface area contributed by atoms with Crippen LogP contribution in [-0.4, -0.2) is 29.9 Å². The topological polar surface area (TPSA) is 61.4 Å². The summed E-state index contributed by atoms with van der Waals surface area (Å²) in [7, 11) is 0. The number of amides is 3. The van der Waals surface area contributed by atoms with Gasteiger partial charge in [0.15, 0.2) is 0 Å². The largest absolute Gasteiger partial charge is 0.326 e. The molecule has 28 heavy (non-hydrogen) atoms. The van der Waals surface area contributed by atoms with Gasteiger partial charge in [0.1, 0.15) is 0 Å². The van der Waals surface area contributed by atoms with Crippen molar-refractivity contribution in [2.75, 3.05) is 23.7 Å². The summed E-state index contributed by atoms with van der Waals surface area (Å²) in [5, 5.41) is 6.54. The number of nitrogens with zero attached hydrogens (tertiary/aromatic N) is 1. The molecule has 0 radical (unpaired) electrons. The number of halogens is 1. The third-order valence-corrected chi connectivity index (χ3v) is 5.58. The Morgan fingerprint density at radius 3 is 2.36 bits per heavy atom. The molecule has 1 aliphatic heterocycles. The number of rotatable bonds is 4. The van der Waals surface area contributed by atoms with Gasteiger partial charge in [0.25, 0.3) is 0 Å². The zero-order chi connectivity index (χ0) is 20.1. The Labute approximate surface area is 171 Å². The van der Waals surface area contributed by atoms with Crippen LogP contribution in [0.25, 0.3) is 0 Å². The average molecular weight is 400 g/mol. The summed E-state index contributed by atoms with van der Waals surface area (Å²) in [6, 6.07) is 14.8. The van der Waals surface area contributed by atoms with Crippen molar-refractivity contribution in [1.82, 2.24) is 4.90 Å². The summed E-state index contributed by atoms with van der Waals surface area (Å²) in [5.41, 5.74) is 2.67. The van der Waals surface area contributed by atoms with E-state index in [0.717, 1.165) is 29.8 Å². The van der Waals surface area contributed by atoms with Crippen molar-refractivity contribution >= 4 is 34.9 Å². The minimum atomic E-state index is -0.113. The predicted octanol–water partition coefficient (Wildman–Crippen LogP) is 5.17. The highest BCUT2D eigenvalue weighted by Gasteiger charge is 2.30. The number of carbonyl (C=O) groups is 2. The molecule has 148 valence electrons. The lowest BCUT2D eigenvalue weighted by Gasteiger charge is -2.34. The number of piperidine rings is 1. The van der Waals surface area contributed by atoms with Crippen LogP contribution in [-0.2, 0) is 4.79 Å². The Hall–Kier alpha value is -2.53. The van der Waals surface area contributed by atoms with Crippen LogP contribution in [0.1, 0.15) is 25.3 Å². The molecule has 0 saturated carbocycles. The van der Waals surface area contributed by atoms with Gasteiger partial charge in [-0.25, -0.2) is 4.79 Å². The summed E-state index contributed by atoms with van der Waals surface area (Å²) < 4.78 is 0. The van der Waals surface area contributed by atoms with Crippen molar-refractivity contribution in [2.24, 2.45) is 11.8 Å². The Bertz CT molecular complexity index is 830. The Kier molecular flexibility index (Phi) is 6.57. The summed E-state index contributed by atoms with van der Waals surface area (Å²) in [4.78, 5) is 26.8. The quantitative estimate of drug-likeness (QED) is 0.745. The van der Waals surface area contributed by atoms with Crippen LogP contribution < -0.4 is 10.6 Å². The summed E-state index contributed by atoms with van der Waals surface area (Å²) in [6.07, 6.45) is 1.63. The molecule has 3 rings (SSSR count). The molecular weight excluding hydrogens is 374 g/mol. The first kappa shape index (κ1) is 20.2. The zero-order valence-electron chi connectivity index (χ0n) is 16.2. The zero-order valence-corrected chi connectivity index (χ0v) is 17.0. The number of carbonyl (C=O) groups excluding carboxylic acids is 2. The highest BCUT2D eigenvalue weighted by atomic mass is 35.5. The van der Waals surface area contributed by atoms with Gasteiger partial charge in [-0.3, -0.25) is 4.79 Å². The Morgan fingerprint density at radius 1 is 1.04 bits per heavy atom. The van der Waals surface area contributed by atoms with Gasteiger partial charge in [-0.2, -0.15) is 0 Å². The molecule has 0 aromatic heterocycles. The average Bonchev–Trinajstić information content (AvgIpc) is 2.69. The van der Waals surface area contributed by atoms with E-state index in [-0.39, 0.29) is 23.8 Å². The number of benzene rings is 2. The number of hydrogen-bond donors (Lipinski definition) is 2. The second-order valence-electron chi connectivity index (χ2n) is 7.41. The maximum atomic E-state index is 12.6. The molecule has 2 aromatic carbocycles. The first-order valence-electron chi connectivity index (χ1n) is 9.61. The molecule has 5 nitrogen and oxygen atoms in total. The van der Waals surface area contributed by atoms with E-state index in [9.17, 15) is 9.59 Å². The van der Waals surface area contributed by atoms with Crippen molar-refractivity contribution in [3.05, 3.63) is 59.1 Å². The number of aryl methyl sites for hydroxylation is 1. The minimum Gasteiger partial charge on any atom is -0.326 e. The van der Waals surface area contributed by atoms with E-state index in [1.165, 1.54) is 0 Å². The standard InChI is InChI=1S/C22H26ClN3O2/c1-15-4-3-5-20(14-15)24-21(27)16(2)17-10-12-26(13-11-17)22(28)25-19-8-6-18(23)7-9-19/h3-9,14,16-17H,10-13H2,1-2H3,(H,24,27)(H,25,28). The lowest BCUT2D eigenvalue weighted by atomic mass is 9.85. The SMILES string of the molecule is Cc1cccc(NC(=O)C(C)C2CCN(C(=O)Nc3ccc(Cl)cc3)CC2)c1. The maximum Gasteiger partial charge on any atom is 0.321 e. The van der Waals surface area contributed by atoms with Gasteiger partial charge in [-0.05, 0) is 67.6 Å². The summed E-state index contributed by atoms with van der Waals surface area (Å²) >= 11 is 5.87. The minimum absolute atomic E-state index is 0.0367. The Balaban J connectivity index is 1.49. The van der Waals surface area contributed by atoms with Crippen LogP contribution in [0, 0.1) is 18.8 Å². The molecule has 6 heteroatoms. The second-order valence-corrected chi connectivity index (χ2v) is 7.85. The van der Waals surface area contributed by atoms with E-state index in [1.54, 1.807) is 29.2 Å². The van der Waals surface area contributed by atoms with Crippen LogP contribution in [0.4, 0.5) is 16.2 Å². The van der Waals surface area contributed by atoms with Gasteiger partial charge in [-0.1, -0.05) is 30.7 Å². The lowest BCUT2D eigenvalue weighted by molar-refractivity contribution is -0.121. The molecule has 0 bridgehead atoms. The lowest BCUT2D eigenvalue weighted by Crippen LogP contribution is -2.43. The summed E-state index contributed by atoms with van der Waals surface area (Å²) in [5.74, 6) is 0.209. The van der Waals surface area contributed by atoms with Gasteiger partial charge < -0.3 is 15.5 Å². The van der Waals surface area contributed by atoms with Crippen molar-refractivity contribution in [3.63, 3.8) is 0 Å². The van der Waals surface area contributed by atoms with E-state index in [2.05, 4.69) is 10.6 Å². The second kappa shape index (κ2) is 9.11. The van der Waals surface area contributed by atoms with E-state index >= 15 is 0 Å². The number of hydrogen-bond acceptors (Lipinski definition) is 2.